The Morgan fingerprint density at radius 2 is 1.79 bits per heavy atom. The molecule has 148 valence electrons. The van der Waals surface area contributed by atoms with Crippen LogP contribution >= 0.6 is 0 Å². The Balaban J connectivity index is 1.56. The van der Waals surface area contributed by atoms with Gasteiger partial charge in [-0.1, -0.05) is 12.1 Å². The lowest BCUT2D eigenvalue weighted by Gasteiger charge is -2.26. The Morgan fingerprint density at radius 3 is 2.43 bits per heavy atom. The summed E-state index contributed by atoms with van der Waals surface area (Å²) in [6.07, 6.45) is 4.35. The molecule has 0 saturated carbocycles. The minimum Gasteiger partial charge on any atom is -0.379 e. The maximum absolute atomic E-state index is 12.6. The molecule has 2 heterocycles. The number of carbonyl (C=O) groups is 2. The Kier molecular flexibility index (Phi) is 6.24. The van der Waals surface area contributed by atoms with Crippen molar-refractivity contribution in [1.82, 2.24) is 20.1 Å². The van der Waals surface area contributed by atoms with Crippen molar-refractivity contribution >= 4 is 27.9 Å². The molecule has 1 saturated heterocycles. The zero-order chi connectivity index (χ0) is 20.0. The van der Waals surface area contributed by atoms with Crippen molar-refractivity contribution in [2.24, 2.45) is 0 Å². The first-order chi connectivity index (χ1) is 13.5. The second-order valence-corrected chi connectivity index (χ2v) is 7.88. The summed E-state index contributed by atoms with van der Waals surface area (Å²) in [5.41, 5.74) is 5.50. The molecule has 0 aliphatic carbocycles. The fourth-order valence-corrected chi connectivity index (χ4v) is 3.97. The van der Waals surface area contributed by atoms with Gasteiger partial charge in [-0.3, -0.25) is 20.4 Å². The minimum absolute atomic E-state index is 0.189. The molecule has 3 N–H and O–H groups in total. The Morgan fingerprint density at radius 1 is 1.07 bits per heavy atom. The van der Waals surface area contributed by atoms with E-state index in [0.29, 0.717) is 37.6 Å². The van der Waals surface area contributed by atoms with E-state index in [0.717, 1.165) is 0 Å². The summed E-state index contributed by atoms with van der Waals surface area (Å²) in [6.45, 7) is 1.43. The van der Waals surface area contributed by atoms with Gasteiger partial charge in [0.2, 0.25) is 10.0 Å². The number of hydrogen-bond acceptors (Lipinski definition) is 5. The highest BCUT2D eigenvalue weighted by molar-refractivity contribution is 7.89. The van der Waals surface area contributed by atoms with E-state index in [9.17, 15) is 18.0 Å². The molecule has 0 spiro atoms. The van der Waals surface area contributed by atoms with E-state index in [1.54, 1.807) is 30.5 Å². The zero-order valence-corrected chi connectivity index (χ0v) is 15.7. The SMILES string of the molecule is O=C(/C=C/c1ccc(S(=O)(=O)N2CCOCC2)cc1)NNC(=O)c1ccc[nH]1. The van der Waals surface area contributed by atoms with Gasteiger partial charge < -0.3 is 9.72 Å². The van der Waals surface area contributed by atoms with E-state index < -0.39 is 21.8 Å². The van der Waals surface area contributed by atoms with Gasteiger partial charge in [0, 0.05) is 25.4 Å². The maximum Gasteiger partial charge on any atom is 0.286 e. The molecule has 0 radical (unpaired) electrons. The quantitative estimate of drug-likeness (QED) is 0.495. The van der Waals surface area contributed by atoms with E-state index in [1.165, 1.54) is 28.6 Å². The van der Waals surface area contributed by atoms with Crippen LogP contribution in [0.3, 0.4) is 0 Å². The van der Waals surface area contributed by atoms with Crippen LogP contribution in [0.1, 0.15) is 16.1 Å². The molecule has 1 fully saturated rings. The standard InChI is InChI=1S/C18H20N4O5S/c23-17(20-21-18(24)16-2-1-9-19-16)8-5-14-3-6-15(7-4-14)28(25,26)22-10-12-27-13-11-22/h1-9,19H,10-13H2,(H,20,23)(H,21,24)/b8-5+. The van der Waals surface area contributed by atoms with Crippen LogP contribution in [0.4, 0.5) is 0 Å². The van der Waals surface area contributed by atoms with Crippen LogP contribution in [-0.4, -0.2) is 55.8 Å². The van der Waals surface area contributed by atoms with Gasteiger partial charge in [0.05, 0.1) is 18.1 Å². The lowest BCUT2D eigenvalue weighted by atomic mass is 10.2. The highest BCUT2D eigenvalue weighted by Crippen LogP contribution is 2.18. The van der Waals surface area contributed by atoms with Crippen LogP contribution in [0.2, 0.25) is 0 Å². The van der Waals surface area contributed by atoms with Crippen LogP contribution in [0, 0.1) is 0 Å². The second-order valence-electron chi connectivity index (χ2n) is 5.95. The van der Waals surface area contributed by atoms with Gasteiger partial charge in [-0.2, -0.15) is 4.31 Å². The molecule has 1 aromatic heterocycles. The summed E-state index contributed by atoms with van der Waals surface area (Å²) in [7, 11) is -3.55. The summed E-state index contributed by atoms with van der Waals surface area (Å²) in [5, 5.41) is 0. The number of rotatable bonds is 5. The number of amides is 2. The van der Waals surface area contributed by atoms with Crippen LogP contribution in [0.25, 0.3) is 6.08 Å². The number of sulfonamides is 1. The van der Waals surface area contributed by atoms with Gasteiger partial charge in [0.25, 0.3) is 11.8 Å². The number of carbonyl (C=O) groups excluding carboxylic acids is 2. The van der Waals surface area contributed by atoms with Gasteiger partial charge >= 0.3 is 0 Å². The van der Waals surface area contributed by atoms with Crippen molar-refractivity contribution in [2.75, 3.05) is 26.3 Å². The van der Waals surface area contributed by atoms with Crippen molar-refractivity contribution < 1.29 is 22.7 Å². The number of benzene rings is 1. The molecule has 2 aromatic rings. The van der Waals surface area contributed by atoms with Crippen LogP contribution in [0.5, 0.6) is 0 Å². The van der Waals surface area contributed by atoms with Crippen LogP contribution in [0.15, 0.2) is 53.6 Å². The average molecular weight is 404 g/mol. The number of H-pyrrole nitrogens is 1. The monoisotopic (exact) mass is 404 g/mol. The summed E-state index contributed by atoms with van der Waals surface area (Å²) in [6, 6.07) is 9.44. The minimum atomic E-state index is -3.55. The van der Waals surface area contributed by atoms with Gasteiger partial charge in [-0.15, -0.1) is 0 Å². The molecule has 0 atom stereocenters. The molecule has 10 heteroatoms. The lowest BCUT2D eigenvalue weighted by molar-refractivity contribution is -0.117. The van der Waals surface area contributed by atoms with E-state index in [2.05, 4.69) is 15.8 Å². The molecule has 28 heavy (non-hydrogen) atoms. The predicted molar refractivity (Wildman–Crippen MR) is 101 cm³/mol. The van der Waals surface area contributed by atoms with Crippen LogP contribution < -0.4 is 10.9 Å². The molecular formula is C18H20N4O5S. The smallest absolute Gasteiger partial charge is 0.286 e. The van der Waals surface area contributed by atoms with Crippen molar-refractivity contribution in [1.29, 1.82) is 0 Å². The third kappa shape index (κ3) is 4.85. The van der Waals surface area contributed by atoms with Gasteiger partial charge in [-0.25, -0.2) is 8.42 Å². The number of aromatic nitrogens is 1. The lowest BCUT2D eigenvalue weighted by Crippen LogP contribution is -2.40. The van der Waals surface area contributed by atoms with Crippen molar-refractivity contribution in [2.45, 2.75) is 4.90 Å². The molecular weight excluding hydrogens is 384 g/mol. The molecule has 1 aromatic carbocycles. The van der Waals surface area contributed by atoms with Gasteiger partial charge in [-0.05, 0) is 35.9 Å². The highest BCUT2D eigenvalue weighted by atomic mass is 32.2. The average Bonchev–Trinajstić information content (AvgIpc) is 3.26. The topological polar surface area (TPSA) is 121 Å². The molecule has 2 amide bonds. The largest absolute Gasteiger partial charge is 0.379 e. The number of nitrogens with one attached hydrogen (secondary N) is 3. The number of aromatic amines is 1. The summed E-state index contributed by atoms with van der Waals surface area (Å²) in [4.78, 5) is 26.4. The Bertz CT molecular complexity index is 946. The van der Waals surface area contributed by atoms with Crippen molar-refractivity contribution in [3.05, 3.63) is 59.9 Å². The normalized spacial score (nSPS) is 15.4. The fraction of sp³-hybridized carbons (Fsp3) is 0.222. The summed E-state index contributed by atoms with van der Waals surface area (Å²) >= 11 is 0. The molecule has 3 rings (SSSR count). The number of nitrogens with zero attached hydrogens (tertiary/aromatic N) is 1. The summed E-state index contributed by atoms with van der Waals surface area (Å²) < 4.78 is 31.7. The first-order valence-corrected chi connectivity index (χ1v) is 10.0. The Labute approximate surface area is 162 Å². The van der Waals surface area contributed by atoms with Gasteiger partial charge in [0.1, 0.15) is 5.69 Å². The number of ether oxygens (including phenoxy) is 1. The van der Waals surface area contributed by atoms with Crippen molar-refractivity contribution in [3.8, 4) is 0 Å². The highest BCUT2D eigenvalue weighted by Gasteiger charge is 2.25. The van der Waals surface area contributed by atoms with E-state index >= 15 is 0 Å². The summed E-state index contributed by atoms with van der Waals surface area (Å²) in [5.74, 6) is -0.991. The van der Waals surface area contributed by atoms with Crippen molar-refractivity contribution in [3.63, 3.8) is 0 Å². The zero-order valence-electron chi connectivity index (χ0n) is 14.9. The number of hydrazine groups is 1. The number of morpholine rings is 1. The molecule has 9 nitrogen and oxygen atoms in total. The van der Waals surface area contributed by atoms with E-state index in [-0.39, 0.29) is 4.90 Å². The second kappa shape index (κ2) is 8.83. The molecule has 1 aliphatic heterocycles. The third-order valence-electron chi connectivity index (χ3n) is 4.06. The first-order valence-electron chi connectivity index (χ1n) is 8.56. The Hall–Kier alpha value is -2.95. The molecule has 0 unspecified atom stereocenters. The van der Waals surface area contributed by atoms with Crippen LogP contribution in [-0.2, 0) is 19.6 Å². The molecule has 0 bridgehead atoms. The molecule has 1 aliphatic rings. The maximum atomic E-state index is 12.6. The fourth-order valence-electron chi connectivity index (χ4n) is 2.56. The first kappa shape index (κ1) is 19.8. The number of hydrogen-bond donors (Lipinski definition) is 3. The third-order valence-corrected chi connectivity index (χ3v) is 5.97. The predicted octanol–water partition coefficient (Wildman–Crippen LogP) is 0.510. The van der Waals surface area contributed by atoms with Gasteiger partial charge in [0.15, 0.2) is 0 Å². The van der Waals surface area contributed by atoms with E-state index in [4.69, 9.17) is 4.74 Å². The van der Waals surface area contributed by atoms with E-state index in [1.807, 2.05) is 0 Å².